The van der Waals surface area contributed by atoms with E-state index in [2.05, 4.69) is 10.3 Å². The summed E-state index contributed by atoms with van der Waals surface area (Å²) in [4.78, 5) is 18.6. The SMILES string of the molecule is CCN(C[C@@H]1CCCO1)C(=O)NCc1cccc2cccnc12. The van der Waals surface area contributed by atoms with E-state index in [0.717, 1.165) is 35.9 Å². The molecule has 0 bridgehead atoms. The normalized spacial score (nSPS) is 17.3. The van der Waals surface area contributed by atoms with Crippen LogP contribution >= 0.6 is 0 Å². The Morgan fingerprint density at radius 3 is 3.04 bits per heavy atom. The van der Waals surface area contributed by atoms with Gasteiger partial charge in [0.2, 0.25) is 0 Å². The summed E-state index contributed by atoms with van der Waals surface area (Å²) in [5.41, 5.74) is 1.97. The van der Waals surface area contributed by atoms with Gasteiger partial charge in [0, 0.05) is 37.8 Å². The number of carbonyl (C=O) groups is 1. The first-order valence-corrected chi connectivity index (χ1v) is 8.25. The van der Waals surface area contributed by atoms with Crippen LogP contribution in [0, 0.1) is 0 Å². The number of benzene rings is 1. The summed E-state index contributed by atoms with van der Waals surface area (Å²) >= 11 is 0. The van der Waals surface area contributed by atoms with Gasteiger partial charge in [-0.2, -0.15) is 0 Å². The van der Waals surface area contributed by atoms with Gasteiger partial charge in [-0.3, -0.25) is 4.98 Å². The second kappa shape index (κ2) is 7.42. The van der Waals surface area contributed by atoms with Crippen LogP contribution in [0.1, 0.15) is 25.3 Å². The number of fused-ring (bicyclic) bond motifs is 1. The summed E-state index contributed by atoms with van der Waals surface area (Å²) in [6.07, 6.45) is 4.09. The first-order chi connectivity index (χ1) is 11.3. The monoisotopic (exact) mass is 313 g/mol. The number of para-hydroxylation sites is 1. The van der Waals surface area contributed by atoms with E-state index in [0.29, 0.717) is 19.6 Å². The predicted octanol–water partition coefficient (Wildman–Crippen LogP) is 2.95. The number of urea groups is 1. The maximum atomic E-state index is 12.4. The number of likely N-dealkylation sites (N-methyl/N-ethyl adjacent to an activating group) is 1. The molecule has 1 fully saturated rings. The van der Waals surface area contributed by atoms with E-state index in [9.17, 15) is 4.79 Å². The van der Waals surface area contributed by atoms with Gasteiger partial charge in [0.05, 0.1) is 11.6 Å². The number of ether oxygens (including phenoxy) is 1. The van der Waals surface area contributed by atoms with E-state index < -0.39 is 0 Å². The van der Waals surface area contributed by atoms with E-state index in [1.807, 2.05) is 42.2 Å². The molecule has 1 atom stereocenters. The molecule has 2 amide bonds. The van der Waals surface area contributed by atoms with Crippen molar-refractivity contribution in [2.75, 3.05) is 19.7 Å². The first kappa shape index (κ1) is 15.7. The van der Waals surface area contributed by atoms with Gasteiger partial charge in [0.1, 0.15) is 0 Å². The Labute approximate surface area is 136 Å². The van der Waals surface area contributed by atoms with Gasteiger partial charge in [-0.25, -0.2) is 4.79 Å². The molecular weight excluding hydrogens is 290 g/mol. The number of hydrogen-bond donors (Lipinski definition) is 1. The lowest BCUT2D eigenvalue weighted by atomic mass is 10.1. The van der Waals surface area contributed by atoms with Gasteiger partial charge in [0.15, 0.2) is 0 Å². The molecule has 1 saturated heterocycles. The van der Waals surface area contributed by atoms with Crippen molar-refractivity contribution in [3.05, 3.63) is 42.1 Å². The van der Waals surface area contributed by atoms with E-state index in [1.54, 1.807) is 6.20 Å². The van der Waals surface area contributed by atoms with Crippen molar-refractivity contribution in [2.45, 2.75) is 32.4 Å². The Balaban J connectivity index is 1.62. The van der Waals surface area contributed by atoms with E-state index in [4.69, 9.17) is 4.74 Å². The highest BCUT2D eigenvalue weighted by Crippen LogP contribution is 2.16. The van der Waals surface area contributed by atoms with Crippen LogP contribution in [-0.4, -0.2) is 41.7 Å². The molecule has 5 nitrogen and oxygen atoms in total. The van der Waals surface area contributed by atoms with Crippen LogP contribution in [-0.2, 0) is 11.3 Å². The van der Waals surface area contributed by atoms with Crippen LogP contribution in [0.15, 0.2) is 36.5 Å². The van der Waals surface area contributed by atoms with Crippen molar-refractivity contribution in [3.8, 4) is 0 Å². The molecule has 2 aromatic rings. The molecule has 1 aromatic heterocycles. The second-order valence-electron chi connectivity index (χ2n) is 5.82. The average molecular weight is 313 g/mol. The summed E-state index contributed by atoms with van der Waals surface area (Å²) in [7, 11) is 0. The lowest BCUT2D eigenvalue weighted by Gasteiger charge is -2.24. The van der Waals surface area contributed by atoms with Crippen LogP contribution in [0.3, 0.4) is 0 Å². The number of carbonyl (C=O) groups excluding carboxylic acids is 1. The summed E-state index contributed by atoms with van der Waals surface area (Å²) < 4.78 is 5.62. The molecule has 0 unspecified atom stereocenters. The summed E-state index contributed by atoms with van der Waals surface area (Å²) in [6, 6.07) is 9.94. The summed E-state index contributed by atoms with van der Waals surface area (Å²) in [5, 5.41) is 4.10. The quantitative estimate of drug-likeness (QED) is 0.923. The molecule has 0 spiro atoms. The molecule has 0 radical (unpaired) electrons. The maximum absolute atomic E-state index is 12.4. The van der Waals surface area contributed by atoms with Crippen LogP contribution in [0.25, 0.3) is 10.9 Å². The van der Waals surface area contributed by atoms with Crippen molar-refractivity contribution in [2.24, 2.45) is 0 Å². The second-order valence-corrected chi connectivity index (χ2v) is 5.82. The number of rotatable bonds is 5. The van der Waals surface area contributed by atoms with Gasteiger partial charge in [-0.1, -0.05) is 24.3 Å². The zero-order chi connectivity index (χ0) is 16.1. The zero-order valence-corrected chi connectivity index (χ0v) is 13.5. The number of nitrogens with one attached hydrogen (secondary N) is 1. The van der Waals surface area contributed by atoms with Crippen LogP contribution in [0.2, 0.25) is 0 Å². The van der Waals surface area contributed by atoms with Gasteiger partial charge < -0.3 is 15.0 Å². The minimum Gasteiger partial charge on any atom is -0.376 e. The Morgan fingerprint density at radius 2 is 2.26 bits per heavy atom. The van der Waals surface area contributed by atoms with Crippen molar-refractivity contribution in [1.29, 1.82) is 0 Å². The largest absolute Gasteiger partial charge is 0.376 e. The smallest absolute Gasteiger partial charge is 0.317 e. The number of hydrogen-bond acceptors (Lipinski definition) is 3. The van der Waals surface area contributed by atoms with Crippen molar-refractivity contribution in [3.63, 3.8) is 0 Å². The van der Waals surface area contributed by atoms with Crippen molar-refractivity contribution >= 4 is 16.9 Å². The van der Waals surface area contributed by atoms with Crippen molar-refractivity contribution < 1.29 is 9.53 Å². The van der Waals surface area contributed by atoms with Gasteiger partial charge >= 0.3 is 6.03 Å². The van der Waals surface area contributed by atoms with Crippen LogP contribution < -0.4 is 5.32 Å². The zero-order valence-electron chi connectivity index (χ0n) is 13.5. The molecule has 122 valence electrons. The molecule has 3 rings (SSSR count). The molecule has 1 N–H and O–H groups in total. The third kappa shape index (κ3) is 3.79. The summed E-state index contributed by atoms with van der Waals surface area (Å²) in [6.45, 7) is 4.63. The highest BCUT2D eigenvalue weighted by Gasteiger charge is 2.21. The third-order valence-corrected chi connectivity index (χ3v) is 4.26. The Bertz CT molecular complexity index is 663. The number of amides is 2. The number of aromatic nitrogens is 1. The molecule has 2 heterocycles. The molecule has 1 aliphatic rings. The highest BCUT2D eigenvalue weighted by atomic mass is 16.5. The first-order valence-electron chi connectivity index (χ1n) is 8.25. The molecule has 23 heavy (non-hydrogen) atoms. The topological polar surface area (TPSA) is 54.5 Å². The molecule has 0 saturated carbocycles. The van der Waals surface area contributed by atoms with Gasteiger partial charge in [0.25, 0.3) is 0 Å². The lowest BCUT2D eigenvalue weighted by molar-refractivity contribution is 0.0826. The minimum absolute atomic E-state index is 0.0454. The fourth-order valence-electron chi connectivity index (χ4n) is 2.98. The molecule has 5 heteroatoms. The van der Waals surface area contributed by atoms with Crippen molar-refractivity contribution in [1.82, 2.24) is 15.2 Å². The van der Waals surface area contributed by atoms with E-state index in [-0.39, 0.29) is 12.1 Å². The highest BCUT2D eigenvalue weighted by molar-refractivity contribution is 5.82. The fourth-order valence-corrected chi connectivity index (χ4v) is 2.98. The van der Waals surface area contributed by atoms with E-state index in [1.165, 1.54) is 0 Å². The molecular formula is C18H23N3O2. The molecule has 1 aromatic carbocycles. The number of nitrogens with zero attached hydrogens (tertiary/aromatic N) is 2. The van der Waals surface area contributed by atoms with Crippen LogP contribution in [0.5, 0.6) is 0 Å². The third-order valence-electron chi connectivity index (χ3n) is 4.26. The summed E-state index contributed by atoms with van der Waals surface area (Å²) in [5.74, 6) is 0. The minimum atomic E-state index is -0.0454. The maximum Gasteiger partial charge on any atom is 0.317 e. The van der Waals surface area contributed by atoms with Gasteiger partial charge in [-0.15, -0.1) is 0 Å². The Hall–Kier alpha value is -2.14. The Morgan fingerprint density at radius 1 is 1.39 bits per heavy atom. The number of pyridine rings is 1. The lowest BCUT2D eigenvalue weighted by Crippen LogP contribution is -2.43. The predicted molar refractivity (Wildman–Crippen MR) is 90.2 cm³/mol. The molecule has 1 aliphatic heterocycles. The Kier molecular flexibility index (Phi) is 5.08. The average Bonchev–Trinajstić information content (AvgIpc) is 3.10. The fraction of sp³-hybridized carbons (Fsp3) is 0.444. The van der Waals surface area contributed by atoms with E-state index >= 15 is 0 Å². The van der Waals surface area contributed by atoms with Gasteiger partial charge in [-0.05, 0) is 31.4 Å². The molecule has 0 aliphatic carbocycles. The standard InChI is InChI=1S/C18H23N3O2/c1-2-21(13-16-9-5-11-23-16)18(22)20-12-15-7-3-6-14-8-4-10-19-17(14)15/h3-4,6-8,10,16H,2,5,9,11-13H2,1H3,(H,20,22)/t16-/m0/s1. The van der Waals surface area contributed by atoms with Crippen LogP contribution in [0.4, 0.5) is 4.79 Å².